The zero-order valence-corrected chi connectivity index (χ0v) is 18.5. The molecule has 3 atom stereocenters. The van der Waals surface area contributed by atoms with Crippen LogP contribution in [-0.4, -0.2) is 27.6 Å². The van der Waals surface area contributed by atoms with Crippen LogP contribution in [0.3, 0.4) is 0 Å². The van der Waals surface area contributed by atoms with E-state index < -0.39 is 33.2 Å². The van der Waals surface area contributed by atoms with Crippen molar-refractivity contribution < 1.29 is 13.7 Å². The average Bonchev–Trinajstić information content (AvgIpc) is 2.61. The highest BCUT2D eigenvalue weighted by Gasteiger charge is 2.29. The maximum atomic E-state index is 12.7. The number of azide groups is 1. The lowest BCUT2D eigenvalue weighted by molar-refractivity contribution is -0.153. The van der Waals surface area contributed by atoms with Crippen LogP contribution in [0.5, 0.6) is 0 Å². The Kier molecular flexibility index (Phi) is 9.14. The fraction of sp³-hybridized carbons (Fsp3) is 0.650. The average molecular weight is 409 g/mol. The zero-order valence-electron chi connectivity index (χ0n) is 17.6. The molecule has 0 aromatic heterocycles. The molecule has 0 bridgehead atoms. The third-order valence-electron chi connectivity index (χ3n) is 4.02. The van der Waals surface area contributed by atoms with Gasteiger partial charge in [0.1, 0.15) is 0 Å². The molecule has 1 aromatic rings. The molecule has 0 radical (unpaired) electrons. The van der Waals surface area contributed by atoms with Crippen molar-refractivity contribution in [3.63, 3.8) is 0 Å². The minimum atomic E-state index is -1.34. The predicted octanol–water partition coefficient (Wildman–Crippen LogP) is 4.83. The first-order valence-corrected chi connectivity index (χ1v) is 10.6. The van der Waals surface area contributed by atoms with Gasteiger partial charge in [-0.25, -0.2) is 8.93 Å². The van der Waals surface area contributed by atoms with Crippen LogP contribution < -0.4 is 4.72 Å². The summed E-state index contributed by atoms with van der Waals surface area (Å²) < 4.78 is 20.7. The molecule has 1 aromatic carbocycles. The molecule has 0 heterocycles. The maximum Gasteiger partial charge on any atom is 0.311 e. The molecule has 0 saturated carbocycles. The molecule has 1 rings (SSSR count). The van der Waals surface area contributed by atoms with Crippen LogP contribution in [0.2, 0.25) is 0 Å². The second-order valence-electron chi connectivity index (χ2n) is 8.69. The highest BCUT2D eigenvalue weighted by molar-refractivity contribution is 7.84. The molecule has 0 aliphatic rings. The van der Waals surface area contributed by atoms with Gasteiger partial charge in [-0.1, -0.05) is 35.4 Å². The van der Waals surface area contributed by atoms with Gasteiger partial charge in [0.15, 0.2) is 0 Å². The van der Waals surface area contributed by atoms with Gasteiger partial charge in [-0.2, -0.15) is 0 Å². The van der Waals surface area contributed by atoms with Gasteiger partial charge in [-0.15, -0.1) is 0 Å². The van der Waals surface area contributed by atoms with E-state index in [0.29, 0.717) is 12.8 Å². The number of nitrogens with one attached hydrogen (secondary N) is 1. The van der Waals surface area contributed by atoms with Gasteiger partial charge in [-0.05, 0) is 65.5 Å². The molecule has 156 valence electrons. The second-order valence-corrected chi connectivity index (χ2v) is 10.7. The summed E-state index contributed by atoms with van der Waals surface area (Å²) in [5.74, 6) is -0.264. The minimum Gasteiger partial charge on any atom is -0.465 e. The molecule has 8 heteroatoms. The number of hydrogen-bond acceptors (Lipinski definition) is 4. The molecule has 0 fully saturated rings. The van der Waals surface area contributed by atoms with Crippen molar-refractivity contribution in [1.82, 2.24) is 4.72 Å². The normalized spacial score (nSPS) is 15.2. The van der Waals surface area contributed by atoms with E-state index in [1.54, 1.807) is 20.8 Å². The van der Waals surface area contributed by atoms with Gasteiger partial charge >= 0.3 is 5.97 Å². The monoisotopic (exact) mass is 408 g/mol. The molecule has 7 nitrogen and oxygen atoms in total. The lowest BCUT2D eigenvalue weighted by atomic mass is 9.97. The lowest BCUT2D eigenvalue weighted by Gasteiger charge is -2.28. The molecule has 0 amide bonds. The minimum absolute atomic E-state index is 0.247. The van der Waals surface area contributed by atoms with Crippen LogP contribution >= 0.6 is 0 Å². The quantitative estimate of drug-likeness (QED) is 0.208. The van der Waals surface area contributed by atoms with E-state index in [-0.39, 0.29) is 12.6 Å². The Morgan fingerprint density at radius 2 is 1.82 bits per heavy atom. The summed E-state index contributed by atoms with van der Waals surface area (Å²) in [6.07, 6.45) is 1.04. The van der Waals surface area contributed by atoms with Gasteiger partial charge in [0, 0.05) is 4.91 Å². The molecule has 1 unspecified atom stereocenters. The zero-order chi connectivity index (χ0) is 21.4. The number of rotatable bonds is 9. The van der Waals surface area contributed by atoms with Crippen LogP contribution in [0.4, 0.5) is 0 Å². The summed E-state index contributed by atoms with van der Waals surface area (Å²) in [4.78, 5) is 14.9. The number of esters is 1. The van der Waals surface area contributed by atoms with E-state index in [1.807, 2.05) is 51.1 Å². The van der Waals surface area contributed by atoms with Crippen LogP contribution in [0.25, 0.3) is 10.4 Å². The van der Waals surface area contributed by atoms with Crippen LogP contribution in [0.15, 0.2) is 35.4 Å². The first-order chi connectivity index (χ1) is 13.0. The Morgan fingerprint density at radius 1 is 1.21 bits per heavy atom. The van der Waals surface area contributed by atoms with Crippen LogP contribution in [0.1, 0.15) is 66.0 Å². The third-order valence-corrected chi connectivity index (χ3v) is 5.60. The highest BCUT2D eigenvalue weighted by atomic mass is 32.2. The SMILES string of the molecule is CC(C)(C)C(=O)OCCC[C@H](N=[N+]=[N-])[C@@H](NS(=O)C(C)(C)C)c1ccccc1. The van der Waals surface area contributed by atoms with Crippen molar-refractivity contribution in [1.29, 1.82) is 0 Å². The molecule has 0 saturated heterocycles. The Balaban J connectivity index is 2.91. The Labute approximate surface area is 170 Å². The number of carbonyl (C=O) groups excluding carboxylic acids is 1. The van der Waals surface area contributed by atoms with Crippen molar-refractivity contribution >= 4 is 17.0 Å². The van der Waals surface area contributed by atoms with Gasteiger partial charge in [-0.3, -0.25) is 4.79 Å². The number of ether oxygens (including phenoxy) is 1. The molecular formula is C20H32N4O3S. The number of carbonyl (C=O) groups is 1. The summed E-state index contributed by atoms with van der Waals surface area (Å²) in [6.45, 7) is 11.3. The Morgan fingerprint density at radius 3 is 2.32 bits per heavy atom. The van der Waals surface area contributed by atoms with E-state index in [0.717, 1.165) is 5.56 Å². The molecule has 0 aliphatic carbocycles. The molecule has 1 N–H and O–H groups in total. The lowest BCUT2D eigenvalue weighted by Crippen LogP contribution is -2.39. The summed E-state index contributed by atoms with van der Waals surface area (Å²) in [5.41, 5.74) is 9.39. The third kappa shape index (κ3) is 8.00. The first-order valence-electron chi connectivity index (χ1n) is 9.41. The highest BCUT2D eigenvalue weighted by Crippen LogP contribution is 2.26. The number of benzene rings is 1. The summed E-state index contributed by atoms with van der Waals surface area (Å²) in [5, 5.41) is 3.94. The van der Waals surface area contributed by atoms with Crippen LogP contribution in [-0.2, 0) is 20.5 Å². The van der Waals surface area contributed by atoms with Crippen molar-refractivity contribution in [2.75, 3.05) is 6.61 Å². The predicted molar refractivity (Wildman–Crippen MR) is 113 cm³/mol. The Bertz CT molecular complexity index is 704. The topological polar surface area (TPSA) is 104 Å². The van der Waals surface area contributed by atoms with E-state index in [2.05, 4.69) is 14.7 Å². The summed E-state index contributed by atoms with van der Waals surface area (Å²) in [6, 6.07) is 8.64. The van der Waals surface area contributed by atoms with Gasteiger partial charge in [0.2, 0.25) is 0 Å². The summed E-state index contributed by atoms with van der Waals surface area (Å²) in [7, 11) is -1.34. The smallest absolute Gasteiger partial charge is 0.311 e. The first kappa shape index (κ1) is 24.1. The number of hydrogen-bond donors (Lipinski definition) is 1. The molecule has 28 heavy (non-hydrogen) atoms. The van der Waals surface area contributed by atoms with Crippen molar-refractivity contribution in [3.05, 3.63) is 46.3 Å². The Hall–Kier alpha value is -1.89. The standard InChI is InChI=1S/C20H32N4O3S/c1-19(2,3)18(25)27-14-10-13-16(22-24-21)17(15-11-8-7-9-12-15)23-28(26)20(4,5)6/h7-9,11-12,16-17,23H,10,13-14H2,1-6H3/t16-,17-,28?/m0/s1. The number of nitrogens with zero attached hydrogens (tertiary/aromatic N) is 3. The van der Waals surface area contributed by atoms with E-state index in [9.17, 15) is 9.00 Å². The van der Waals surface area contributed by atoms with Crippen molar-refractivity contribution in [3.8, 4) is 0 Å². The van der Waals surface area contributed by atoms with Crippen LogP contribution in [0, 0.1) is 5.41 Å². The fourth-order valence-corrected chi connectivity index (χ4v) is 3.23. The van der Waals surface area contributed by atoms with Crippen molar-refractivity contribution in [2.45, 2.75) is 71.2 Å². The van der Waals surface area contributed by atoms with Crippen molar-refractivity contribution in [2.24, 2.45) is 10.5 Å². The van der Waals surface area contributed by atoms with Gasteiger partial charge in [0.05, 0.1) is 39.8 Å². The molecular weight excluding hydrogens is 376 g/mol. The largest absolute Gasteiger partial charge is 0.465 e. The molecule has 0 aliphatic heterocycles. The van der Waals surface area contributed by atoms with E-state index in [1.165, 1.54) is 0 Å². The molecule has 0 spiro atoms. The van der Waals surface area contributed by atoms with Gasteiger partial charge < -0.3 is 4.74 Å². The second kappa shape index (κ2) is 10.6. The maximum absolute atomic E-state index is 12.7. The fourth-order valence-electron chi connectivity index (χ4n) is 2.35. The van der Waals surface area contributed by atoms with Gasteiger partial charge in [0.25, 0.3) is 0 Å². The van der Waals surface area contributed by atoms with E-state index in [4.69, 9.17) is 10.3 Å². The summed E-state index contributed by atoms with van der Waals surface area (Å²) >= 11 is 0. The van der Waals surface area contributed by atoms with E-state index >= 15 is 0 Å².